The maximum absolute atomic E-state index is 14.1. The van der Waals surface area contributed by atoms with Crippen molar-refractivity contribution in [1.82, 2.24) is 10.6 Å². The average molecular weight is 645 g/mol. The number of carboxylic acid groups (broad SMARTS) is 1. The standard InChI is InChI=1S/C35H37N2O8P/c38-30-18-16-27(17-19-30)21-31(34(40)41)36-33(39)29(20-25-10-4-1-5-11-25)24-46(43,44)32(22-26-12-6-2-7-13-26)37-35(42)45-23-28-14-8-3-9-15-28/h1-19,29,31-32,38H,20-24H2,(H,36,39)(H,37,42)(H,40,41)(H,43,44)/t29?,31-,32+/m0/s1. The number of phenolic OH excluding ortho intramolecular Hbond substituents is 1. The number of carboxylic acids is 1. The van der Waals surface area contributed by atoms with Gasteiger partial charge in [-0.2, -0.15) is 0 Å². The molecule has 240 valence electrons. The lowest BCUT2D eigenvalue weighted by Crippen LogP contribution is -2.46. The minimum atomic E-state index is -4.35. The molecule has 0 aliphatic carbocycles. The summed E-state index contributed by atoms with van der Waals surface area (Å²) in [5.74, 6) is -4.38. The molecule has 4 aromatic carbocycles. The number of aliphatic carboxylic acids is 1. The van der Waals surface area contributed by atoms with E-state index in [2.05, 4.69) is 10.6 Å². The van der Waals surface area contributed by atoms with Gasteiger partial charge in [0.05, 0.1) is 5.92 Å². The van der Waals surface area contributed by atoms with E-state index in [1.807, 2.05) is 6.07 Å². The summed E-state index contributed by atoms with van der Waals surface area (Å²) in [5, 5.41) is 24.6. The van der Waals surface area contributed by atoms with Gasteiger partial charge in [0.15, 0.2) is 0 Å². The number of nitrogens with one attached hydrogen (secondary N) is 2. The predicted molar refractivity (Wildman–Crippen MR) is 173 cm³/mol. The maximum Gasteiger partial charge on any atom is 0.408 e. The number of rotatable bonds is 15. The molecule has 0 spiro atoms. The summed E-state index contributed by atoms with van der Waals surface area (Å²) >= 11 is 0. The SMILES string of the molecule is O=C(N[C@@H](Cc1ccccc1)P(=O)(O)CC(Cc1ccccc1)C(=O)N[C@@H](Cc1ccc(O)cc1)C(=O)O)OCc1ccccc1. The summed E-state index contributed by atoms with van der Waals surface area (Å²) in [5.41, 5.74) is 2.71. The number of hydrogen-bond donors (Lipinski definition) is 5. The van der Waals surface area contributed by atoms with Crippen LogP contribution >= 0.6 is 7.37 Å². The zero-order valence-electron chi connectivity index (χ0n) is 25.1. The van der Waals surface area contributed by atoms with Gasteiger partial charge in [0, 0.05) is 19.0 Å². The fraction of sp³-hybridized carbons (Fsp3) is 0.229. The predicted octanol–water partition coefficient (Wildman–Crippen LogP) is 5.13. The zero-order chi connectivity index (χ0) is 32.9. The molecule has 2 amide bonds. The van der Waals surface area contributed by atoms with Gasteiger partial charge in [-0.15, -0.1) is 0 Å². The Morgan fingerprint density at radius 1 is 0.674 bits per heavy atom. The van der Waals surface area contributed by atoms with Crippen LogP contribution in [0.15, 0.2) is 115 Å². The van der Waals surface area contributed by atoms with Gasteiger partial charge in [0.1, 0.15) is 24.2 Å². The van der Waals surface area contributed by atoms with Crippen LogP contribution in [0.5, 0.6) is 5.75 Å². The number of amides is 2. The molecule has 0 saturated carbocycles. The number of phenols is 1. The molecular formula is C35H37N2O8P. The van der Waals surface area contributed by atoms with Crippen molar-refractivity contribution in [2.24, 2.45) is 5.92 Å². The summed E-state index contributed by atoms with van der Waals surface area (Å²) in [6, 6.07) is 31.4. The molecular weight excluding hydrogens is 607 g/mol. The van der Waals surface area contributed by atoms with E-state index < -0.39 is 49.2 Å². The molecule has 10 nitrogen and oxygen atoms in total. The van der Waals surface area contributed by atoms with Gasteiger partial charge in [0.25, 0.3) is 0 Å². The van der Waals surface area contributed by atoms with Gasteiger partial charge >= 0.3 is 12.1 Å². The van der Waals surface area contributed by atoms with Gasteiger partial charge in [0.2, 0.25) is 13.3 Å². The highest BCUT2D eigenvalue weighted by Gasteiger charge is 2.38. The Balaban J connectivity index is 1.56. The fourth-order valence-corrected chi connectivity index (χ4v) is 6.96. The number of hydrogen-bond acceptors (Lipinski definition) is 6. The summed E-state index contributed by atoms with van der Waals surface area (Å²) in [4.78, 5) is 50.2. The zero-order valence-corrected chi connectivity index (χ0v) is 26.0. The molecule has 2 unspecified atom stereocenters. The van der Waals surface area contributed by atoms with Crippen LogP contribution in [0.2, 0.25) is 0 Å². The number of alkyl carbamates (subject to hydrolysis) is 1. The van der Waals surface area contributed by atoms with Crippen LogP contribution < -0.4 is 10.6 Å². The summed E-state index contributed by atoms with van der Waals surface area (Å²) in [6.07, 6.45) is -1.44. The van der Waals surface area contributed by atoms with E-state index in [4.69, 9.17) is 4.74 Å². The van der Waals surface area contributed by atoms with Crippen molar-refractivity contribution in [2.75, 3.05) is 6.16 Å². The normalized spacial score (nSPS) is 14.2. The third-order valence-corrected chi connectivity index (χ3v) is 9.67. The van der Waals surface area contributed by atoms with Crippen LogP contribution in [-0.2, 0) is 44.8 Å². The lowest BCUT2D eigenvalue weighted by atomic mass is 9.99. The molecule has 4 aromatic rings. The van der Waals surface area contributed by atoms with E-state index in [9.17, 15) is 34.1 Å². The Morgan fingerprint density at radius 2 is 1.17 bits per heavy atom. The molecule has 0 aliphatic heterocycles. The first-order valence-electron chi connectivity index (χ1n) is 14.8. The van der Waals surface area contributed by atoms with E-state index in [0.29, 0.717) is 16.7 Å². The molecule has 0 aliphatic rings. The van der Waals surface area contributed by atoms with Crippen LogP contribution in [0.1, 0.15) is 22.3 Å². The molecule has 0 aromatic heterocycles. The van der Waals surface area contributed by atoms with Gasteiger partial charge < -0.3 is 30.5 Å². The Bertz CT molecular complexity index is 1620. The molecule has 0 saturated heterocycles. The quantitative estimate of drug-likeness (QED) is 0.111. The second-order valence-corrected chi connectivity index (χ2v) is 13.5. The third-order valence-electron chi connectivity index (χ3n) is 7.42. The molecule has 4 atom stereocenters. The molecule has 5 N–H and O–H groups in total. The van der Waals surface area contributed by atoms with Crippen molar-refractivity contribution in [2.45, 2.75) is 37.7 Å². The van der Waals surface area contributed by atoms with E-state index in [1.165, 1.54) is 12.1 Å². The number of ether oxygens (including phenoxy) is 1. The van der Waals surface area contributed by atoms with E-state index >= 15 is 0 Å². The smallest absolute Gasteiger partial charge is 0.408 e. The van der Waals surface area contributed by atoms with Crippen molar-refractivity contribution >= 4 is 25.3 Å². The van der Waals surface area contributed by atoms with Crippen molar-refractivity contribution in [3.63, 3.8) is 0 Å². The van der Waals surface area contributed by atoms with Crippen molar-refractivity contribution < 1.29 is 38.8 Å². The Hall–Kier alpha value is -4.92. The fourth-order valence-electron chi connectivity index (χ4n) is 4.97. The van der Waals surface area contributed by atoms with Gasteiger partial charge in [-0.3, -0.25) is 9.36 Å². The lowest BCUT2D eigenvalue weighted by Gasteiger charge is -2.28. The largest absolute Gasteiger partial charge is 0.508 e. The highest BCUT2D eigenvalue weighted by atomic mass is 31.2. The van der Waals surface area contributed by atoms with E-state index in [1.54, 1.807) is 97.1 Å². The lowest BCUT2D eigenvalue weighted by molar-refractivity contribution is -0.142. The second-order valence-electron chi connectivity index (χ2n) is 11.0. The van der Waals surface area contributed by atoms with Gasteiger partial charge in [-0.1, -0.05) is 103 Å². The van der Waals surface area contributed by atoms with Crippen LogP contribution in [-0.4, -0.2) is 51.1 Å². The number of benzene rings is 4. The van der Waals surface area contributed by atoms with Crippen molar-refractivity contribution in [1.29, 1.82) is 0 Å². The third kappa shape index (κ3) is 10.6. The van der Waals surface area contributed by atoms with E-state index in [0.717, 1.165) is 5.56 Å². The number of carbonyl (C=O) groups is 3. The highest BCUT2D eigenvalue weighted by molar-refractivity contribution is 7.58. The first-order chi connectivity index (χ1) is 22.1. The average Bonchev–Trinajstić information content (AvgIpc) is 3.05. The van der Waals surface area contributed by atoms with Gasteiger partial charge in [-0.25, -0.2) is 9.59 Å². The van der Waals surface area contributed by atoms with Crippen molar-refractivity contribution in [3.05, 3.63) is 138 Å². The topological polar surface area (TPSA) is 162 Å². The Morgan fingerprint density at radius 3 is 1.72 bits per heavy atom. The molecule has 4 rings (SSSR count). The molecule has 11 heteroatoms. The van der Waals surface area contributed by atoms with Crippen LogP contribution in [0.4, 0.5) is 4.79 Å². The number of carbonyl (C=O) groups excluding carboxylic acids is 2. The van der Waals surface area contributed by atoms with Gasteiger partial charge in [-0.05, 0) is 40.8 Å². The molecule has 0 heterocycles. The molecule has 0 bridgehead atoms. The minimum Gasteiger partial charge on any atom is -0.508 e. The van der Waals surface area contributed by atoms with E-state index in [-0.39, 0.29) is 31.6 Å². The summed E-state index contributed by atoms with van der Waals surface area (Å²) < 4.78 is 19.5. The number of aromatic hydroxyl groups is 1. The first-order valence-corrected chi connectivity index (χ1v) is 16.7. The summed E-state index contributed by atoms with van der Waals surface area (Å²) in [7, 11) is -4.35. The summed E-state index contributed by atoms with van der Waals surface area (Å²) in [6.45, 7) is -0.0445. The molecule has 0 fully saturated rings. The first kappa shape index (κ1) is 34.0. The second kappa shape index (κ2) is 16.4. The highest BCUT2D eigenvalue weighted by Crippen LogP contribution is 2.48. The van der Waals surface area contributed by atoms with Crippen LogP contribution in [0, 0.1) is 5.92 Å². The molecule has 0 radical (unpaired) electrons. The monoisotopic (exact) mass is 644 g/mol. The van der Waals surface area contributed by atoms with Crippen molar-refractivity contribution in [3.8, 4) is 5.75 Å². The Labute approximate surface area is 267 Å². The maximum atomic E-state index is 14.1. The molecule has 46 heavy (non-hydrogen) atoms. The minimum absolute atomic E-state index is 0.00661. The van der Waals surface area contributed by atoms with Crippen LogP contribution in [0.25, 0.3) is 0 Å². The Kier molecular flexibility index (Phi) is 12.1. The van der Waals surface area contributed by atoms with Crippen LogP contribution in [0.3, 0.4) is 0 Å².